The van der Waals surface area contributed by atoms with Gasteiger partial charge < -0.3 is 14.5 Å². The summed E-state index contributed by atoms with van der Waals surface area (Å²) in [7, 11) is 2.08. The van der Waals surface area contributed by atoms with E-state index >= 15 is 0 Å². The van der Waals surface area contributed by atoms with Gasteiger partial charge in [-0.05, 0) is 43.8 Å². The van der Waals surface area contributed by atoms with Gasteiger partial charge in [0.05, 0.1) is 11.3 Å². The van der Waals surface area contributed by atoms with Crippen LogP contribution in [0.25, 0.3) is 0 Å². The molecule has 1 saturated heterocycles. The van der Waals surface area contributed by atoms with Crippen molar-refractivity contribution in [2.75, 3.05) is 33.2 Å². The highest BCUT2D eigenvalue weighted by Crippen LogP contribution is 2.14. The third-order valence-corrected chi connectivity index (χ3v) is 4.24. The summed E-state index contributed by atoms with van der Waals surface area (Å²) in [6.45, 7) is 5.81. The van der Waals surface area contributed by atoms with Crippen LogP contribution in [-0.2, 0) is 6.61 Å². The van der Waals surface area contributed by atoms with Gasteiger partial charge in [0, 0.05) is 32.4 Å². The van der Waals surface area contributed by atoms with Gasteiger partial charge in [0.25, 0.3) is 5.91 Å². The van der Waals surface area contributed by atoms with Gasteiger partial charge in [-0.2, -0.15) is 0 Å². The second-order valence-corrected chi connectivity index (χ2v) is 6.24. The molecule has 0 radical (unpaired) electrons. The van der Waals surface area contributed by atoms with E-state index in [0.717, 1.165) is 43.2 Å². The lowest BCUT2D eigenvalue weighted by molar-refractivity contribution is 0.0663. The number of ether oxygens (including phenoxy) is 1. The van der Waals surface area contributed by atoms with Gasteiger partial charge in [0.15, 0.2) is 0 Å². The van der Waals surface area contributed by atoms with E-state index in [1.165, 1.54) is 0 Å². The SMILES string of the molecule is Cc1cccc(OCc2ccc(C(=O)N3CCN(C)CC3)cn2)c1. The van der Waals surface area contributed by atoms with Crippen LogP contribution in [0.5, 0.6) is 5.75 Å². The van der Waals surface area contributed by atoms with E-state index in [4.69, 9.17) is 4.74 Å². The Morgan fingerprint density at radius 2 is 1.96 bits per heavy atom. The molecule has 0 aliphatic carbocycles. The van der Waals surface area contributed by atoms with Gasteiger partial charge >= 0.3 is 0 Å². The lowest BCUT2D eigenvalue weighted by Crippen LogP contribution is -2.47. The summed E-state index contributed by atoms with van der Waals surface area (Å²) in [5, 5.41) is 0. The molecule has 0 atom stereocenters. The van der Waals surface area contributed by atoms with Crippen LogP contribution in [0, 0.1) is 6.92 Å². The van der Waals surface area contributed by atoms with Crippen LogP contribution in [0.1, 0.15) is 21.6 Å². The quantitative estimate of drug-likeness (QED) is 0.866. The average Bonchev–Trinajstić information content (AvgIpc) is 2.61. The molecular formula is C19H23N3O2. The minimum Gasteiger partial charge on any atom is -0.487 e. The first-order valence-corrected chi connectivity index (χ1v) is 8.24. The number of nitrogens with zero attached hydrogens (tertiary/aromatic N) is 3. The zero-order valence-corrected chi connectivity index (χ0v) is 14.2. The summed E-state index contributed by atoms with van der Waals surface area (Å²) < 4.78 is 5.74. The standard InChI is InChI=1S/C19H23N3O2/c1-15-4-3-5-18(12-15)24-14-17-7-6-16(13-20-17)19(23)22-10-8-21(2)9-11-22/h3-7,12-13H,8-11,14H2,1-2H3. The Morgan fingerprint density at radius 3 is 2.62 bits per heavy atom. The first kappa shape index (κ1) is 16.5. The van der Waals surface area contributed by atoms with E-state index in [9.17, 15) is 4.79 Å². The van der Waals surface area contributed by atoms with Crippen LogP contribution >= 0.6 is 0 Å². The lowest BCUT2D eigenvalue weighted by Gasteiger charge is -2.32. The summed E-state index contributed by atoms with van der Waals surface area (Å²) in [6, 6.07) is 11.6. The number of pyridine rings is 1. The molecular weight excluding hydrogens is 302 g/mol. The Bertz CT molecular complexity index is 692. The van der Waals surface area contributed by atoms with Gasteiger partial charge in [0.1, 0.15) is 12.4 Å². The molecule has 1 aliphatic rings. The minimum atomic E-state index is 0.0572. The fourth-order valence-corrected chi connectivity index (χ4v) is 2.69. The molecule has 1 fully saturated rings. The number of piperazine rings is 1. The molecule has 0 unspecified atom stereocenters. The third-order valence-electron chi connectivity index (χ3n) is 4.24. The average molecular weight is 325 g/mol. The molecule has 5 nitrogen and oxygen atoms in total. The number of hydrogen-bond acceptors (Lipinski definition) is 4. The number of hydrogen-bond donors (Lipinski definition) is 0. The van der Waals surface area contributed by atoms with Crippen molar-refractivity contribution >= 4 is 5.91 Å². The number of carbonyl (C=O) groups excluding carboxylic acids is 1. The normalized spacial score (nSPS) is 15.3. The molecule has 1 aromatic carbocycles. The van der Waals surface area contributed by atoms with Crippen LogP contribution in [0.4, 0.5) is 0 Å². The molecule has 0 saturated carbocycles. The van der Waals surface area contributed by atoms with Crippen molar-refractivity contribution in [2.45, 2.75) is 13.5 Å². The molecule has 1 amide bonds. The maximum Gasteiger partial charge on any atom is 0.255 e. The van der Waals surface area contributed by atoms with Gasteiger partial charge in [-0.1, -0.05) is 12.1 Å². The Balaban J connectivity index is 1.58. The summed E-state index contributed by atoms with van der Waals surface area (Å²) in [6.07, 6.45) is 1.65. The first-order valence-electron chi connectivity index (χ1n) is 8.24. The van der Waals surface area contributed by atoms with Crippen molar-refractivity contribution in [3.05, 3.63) is 59.4 Å². The molecule has 126 valence electrons. The summed E-state index contributed by atoms with van der Waals surface area (Å²) in [4.78, 5) is 21.0. The van der Waals surface area contributed by atoms with Crippen molar-refractivity contribution in [3.8, 4) is 5.75 Å². The first-order chi connectivity index (χ1) is 11.6. The van der Waals surface area contributed by atoms with Gasteiger partial charge in [0.2, 0.25) is 0 Å². The molecule has 0 spiro atoms. The lowest BCUT2D eigenvalue weighted by atomic mass is 10.2. The number of benzene rings is 1. The second kappa shape index (κ2) is 7.45. The van der Waals surface area contributed by atoms with E-state index in [-0.39, 0.29) is 5.91 Å². The number of amides is 1. The maximum absolute atomic E-state index is 12.5. The molecule has 2 heterocycles. The highest BCUT2D eigenvalue weighted by Gasteiger charge is 2.20. The highest BCUT2D eigenvalue weighted by atomic mass is 16.5. The van der Waals surface area contributed by atoms with E-state index in [1.54, 1.807) is 6.20 Å². The van der Waals surface area contributed by atoms with Gasteiger partial charge in [-0.3, -0.25) is 9.78 Å². The molecule has 24 heavy (non-hydrogen) atoms. The molecule has 0 bridgehead atoms. The number of likely N-dealkylation sites (N-methyl/N-ethyl adjacent to an activating group) is 1. The van der Waals surface area contributed by atoms with Crippen molar-refractivity contribution in [3.63, 3.8) is 0 Å². The van der Waals surface area contributed by atoms with Crippen molar-refractivity contribution in [1.29, 1.82) is 0 Å². The largest absolute Gasteiger partial charge is 0.487 e. The fourth-order valence-electron chi connectivity index (χ4n) is 2.69. The smallest absolute Gasteiger partial charge is 0.255 e. The maximum atomic E-state index is 12.5. The Hall–Kier alpha value is -2.40. The number of rotatable bonds is 4. The monoisotopic (exact) mass is 325 g/mol. The zero-order chi connectivity index (χ0) is 16.9. The van der Waals surface area contributed by atoms with Crippen molar-refractivity contribution in [2.24, 2.45) is 0 Å². The summed E-state index contributed by atoms with van der Waals surface area (Å²) >= 11 is 0. The van der Waals surface area contributed by atoms with E-state index < -0.39 is 0 Å². The summed E-state index contributed by atoms with van der Waals surface area (Å²) in [5.74, 6) is 0.885. The van der Waals surface area contributed by atoms with Crippen LogP contribution < -0.4 is 4.74 Å². The van der Waals surface area contributed by atoms with E-state index in [2.05, 4.69) is 16.9 Å². The van der Waals surface area contributed by atoms with Crippen LogP contribution in [-0.4, -0.2) is 53.9 Å². The molecule has 0 N–H and O–H groups in total. The Kier molecular flexibility index (Phi) is 5.11. The molecule has 2 aromatic rings. The minimum absolute atomic E-state index is 0.0572. The van der Waals surface area contributed by atoms with Crippen molar-refractivity contribution < 1.29 is 9.53 Å². The zero-order valence-electron chi connectivity index (χ0n) is 14.2. The number of aryl methyl sites for hydroxylation is 1. The molecule has 1 aromatic heterocycles. The predicted octanol–water partition coefficient (Wildman–Crippen LogP) is 2.36. The molecule has 5 heteroatoms. The van der Waals surface area contributed by atoms with Crippen LogP contribution in [0.3, 0.4) is 0 Å². The third kappa shape index (κ3) is 4.11. The predicted molar refractivity (Wildman–Crippen MR) is 93.1 cm³/mol. The Labute approximate surface area is 142 Å². The molecule has 3 rings (SSSR count). The van der Waals surface area contributed by atoms with E-state index in [0.29, 0.717) is 12.2 Å². The highest BCUT2D eigenvalue weighted by molar-refractivity contribution is 5.94. The van der Waals surface area contributed by atoms with Crippen LogP contribution in [0.15, 0.2) is 42.6 Å². The summed E-state index contributed by atoms with van der Waals surface area (Å²) in [5.41, 5.74) is 2.61. The Morgan fingerprint density at radius 1 is 1.17 bits per heavy atom. The van der Waals surface area contributed by atoms with E-state index in [1.807, 2.05) is 48.2 Å². The number of aromatic nitrogens is 1. The second-order valence-electron chi connectivity index (χ2n) is 6.24. The number of carbonyl (C=O) groups is 1. The van der Waals surface area contributed by atoms with Crippen molar-refractivity contribution in [1.82, 2.24) is 14.8 Å². The van der Waals surface area contributed by atoms with Gasteiger partial charge in [-0.25, -0.2) is 0 Å². The van der Waals surface area contributed by atoms with Gasteiger partial charge in [-0.15, -0.1) is 0 Å². The fraction of sp³-hybridized carbons (Fsp3) is 0.368. The molecule has 1 aliphatic heterocycles. The topological polar surface area (TPSA) is 45.7 Å². The van der Waals surface area contributed by atoms with Crippen LogP contribution in [0.2, 0.25) is 0 Å².